The first-order chi connectivity index (χ1) is 13.7. The molecule has 1 fully saturated rings. The van der Waals surface area contributed by atoms with Gasteiger partial charge in [-0.25, -0.2) is 19.7 Å². The van der Waals surface area contributed by atoms with E-state index in [0.717, 1.165) is 5.39 Å². The quantitative estimate of drug-likeness (QED) is 0.637. The molecule has 28 heavy (non-hydrogen) atoms. The number of carbonyl (C=O) groups is 2. The van der Waals surface area contributed by atoms with Crippen molar-refractivity contribution in [2.75, 3.05) is 37.7 Å². The van der Waals surface area contributed by atoms with Gasteiger partial charge < -0.3 is 14.5 Å². The predicted molar refractivity (Wildman–Crippen MR) is 103 cm³/mol. The maximum atomic E-state index is 12.4. The normalized spacial score (nSPS) is 14.1. The van der Waals surface area contributed by atoms with E-state index in [1.165, 1.54) is 0 Å². The first-order valence-corrected chi connectivity index (χ1v) is 9.03. The molecule has 0 bridgehead atoms. The zero-order chi connectivity index (χ0) is 19.3. The van der Waals surface area contributed by atoms with Crippen molar-refractivity contribution >= 4 is 28.7 Å². The highest BCUT2D eigenvalue weighted by Crippen LogP contribution is 2.13. The molecule has 0 spiro atoms. The summed E-state index contributed by atoms with van der Waals surface area (Å²) in [5.74, 6) is -0.165. The summed E-state index contributed by atoms with van der Waals surface area (Å²) < 4.78 is 5.17. The SMILES string of the molecule is O=C(OCC(=O)N1CCN(c2ncccn2)CC1)c1ccc2ccccc2n1. The minimum absolute atomic E-state index is 0.192. The van der Waals surface area contributed by atoms with E-state index in [1.807, 2.05) is 35.2 Å². The lowest BCUT2D eigenvalue weighted by Gasteiger charge is -2.34. The topological polar surface area (TPSA) is 88.5 Å². The van der Waals surface area contributed by atoms with E-state index in [2.05, 4.69) is 15.0 Å². The third kappa shape index (κ3) is 3.90. The maximum Gasteiger partial charge on any atom is 0.357 e. The Balaban J connectivity index is 1.30. The Kier molecular flexibility index (Phi) is 5.09. The van der Waals surface area contributed by atoms with Gasteiger partial charge in [0, 0.05) is 44.0 Å². The van der Waals surface area contributed by atoms with Gasteiger partial charge in [-0.1, -0.05) is 24.3 Å². The molecule has 3 aromatic rings. The number of amides is 1. The number of nitrogens with zero attached hydrogens (tertiary/aromatic N) is 5. The van der Waals surface area contributed by atoms with E-state index in [4.69, 9.17) is 4.74 Å². The van der Waals surface area contributed by atoms with Crippen LogP contribution >= 0.6 is 0 Å². The smallest absolute Gasteiger partial charge is 0.357 e. The second-order valence-electron chi connectivity index (χ2n) is 6.38. The van der Waals surface area contributed by atoms with Crippen molar-refractivity contribution in [2.24, 2.45) is 0 Å². The molecule has 142 valence electrons. The Labute approximate surface area is 161 Å². The van der Waals surface area contributed by atoms with Crippen LogP contribution in [0.15, 0.2) is 54.9 Å². The Morgan fingerprint density at radius 2 is 1.68 bits per heavy atom. The fourth-order valence-electron chi connectivity index (χ4n) is 3.08. The summed E-state index contributed by atoms with van der Waals surface area (Å²) in [6.45, 7) is 2.03. The van der Waals surface area contributed by atoms with Crippen LogP contribution < -0.4 is 4.90 Å². The third-order valence-corrected chi connectivity index (χ3v) is 4.60. The van der Waals surface area contributed by atoms with E-state index in [0.29, 0.717) is 37.6 Å². The number of fused-ring (bicyclic) bond motifs is 1. The summed E-state index contributed by atoms with van der Waals surface area (Å²) in [4.78, 5) is 41.0. The van der Waals surface area contributed by atoms with Crippen LogP contribution in [0.3, 0.4) is 0 Å². The van der Waals surface area contributed by atoms with Gasteiger partial charge in [-0.05, 0) is 18.2 Å². The molecule has 8 heteroatoms. The van der Waals surface area contributed by atoms with E-state index >= 15 is 0 Å². The molecule has 2 aromatic heterocycles. The van der Waals surface area contributed by atoms with Crippen LogP contribution in [0, 0.1) is 0 Å². The van der Waals surface area contributed by atoms with Crippen LogP contribution in [0.2, 0.25) is 0 Å². The summed E-state index contributed by atoms with van der Waals surface area (Å²) in [5, 5.41) is 0.940. The summed E-state index contributed by atoms with van der Waals surface area (Å²) in [6.07, 6.45) is 3.39. The molecule has 8 nitrogen and oxygen atoms in total. The van der Waals surface area contributed by atoms with E-state index in [1.54, 1.807) is 29.4 Å². The lowest BCUT2D eigenvalue weighted by molar-refractivity contribution is -0.134. The van der Waals surface area contributed by atoms with Crippen LogP contribution in [-0.2, 0) is 9.53 Å². The van der Waals surface area contributed by atoms with Gasteiger partial charge in [-0.3, -0.25) is 4.79 Å². The number of esters is 1. The first-order valence-electron chi connectivity index (χ1n) is 9.03. The van der Waals surface area contributed by atoms with Gasteiger partial charge >= 0.3 is 5.97 Å². The summed E-state index contributed by atoms with van der Waals surface area (Å²) in [6, 6.07) is 12.7. The van der Waals surface area contributed by atoms with Gasteiger partial charge in [-0.15, -0.1) is 0 Å². The molecule has 0 saturated carbocycles. The van der Waals surface area contributed by atoms with Crippen LogP contribution in [0.25, 0.3) is 10.9 Å². The van der Waals surface area contributed by atoms with Gasteiger partial charge in [-0.2, -0.15) is 0 Å². The molecule has 1 saturated heterocycles. The second-order valence-corrected chi connectivity index (χ2v) is 6.38. The average Bonchev–Trinajstić information content (AvgIpc) is 2.77. The van der Waals surface area contributed by atoms with Crippen LogP contribution in [0.1, 0.15) is 10.5 Å². The van der Waals surface area contributed by atoms with Crippen molar-refractivity contribution in [1.82, 2.24) is 19.9 Å². The number of piperazine rings is 1. The first kappa shape index (κ1) is 17.8. The zero-order valence-corrected chi connectivity index (χ0v) is 15.2. The number of aromatic nitrogens is 3. The molecule has 0 unspecified atom stereocenters. The fourth-order valence-corrected chi connectivity index (χ4v) is 3.08. The molecule has 3 heterocycles. The summed E-state index contributed by atoms with van der Waals surface area (Å²) >= 11 is 0. The molecule has 1 amide bonds. The molecular formula is C20H19N5O3. The third-order valence-electron chi connectivity index (χ3n) is 4.60. The lowest BCUT2D eigenvalue weighted by Crippen LogP contribution is -2.50. The minimum Gasteiger partial charge on any atom is -0.451 e. The van der Waals surface area contributed by atoms with Crippen molar-refractivity contribution in [2.45, 2.75) is 0 Å². The highest BCUT2D eigenvalue weighted by atomic mass is 16.5. The van der Waals surface area contributed by atoms with Crippen molar-refractivity contribution in [3.05, 3.63) is 60.6 Å². The van der Waals surface area contributed by atoms with Gasteiger partial charge in [0.15, 0.2) is 6.61 Å². The molecule has 0 radical (unpaired) electrons. The number of carbonyl (C=O) groups excluding carboxylic acids is 2. The zero-order valence-electron chi connectivity index (χ0n) is 15.2. The largest absolute Gasteiger partial charge is 0.451 e. The van der Waals surface area contributed by atoms with Gasteiger partial charge in [0.2, 0.25) is 5.95 Å². The Hall–Kier alpha value is -3.55. The van der Waals surface area contributed by atoms with Crippen molar-refractivity contribution < 1.29 is 14.3 Å². The molecule has 0 atom stereocenters. The highest BCUT2D eigenvalue weighted by Gasteiger charge is 2.23. The number of benzene rings is 1. The fraction of sp³-hybridized carbons (Fsp3) is 0.250. The number of ether oxygens (including phenoxy) is 1. The average molecular weight is 377 g/mol. The van der Waals surface area contributed by atoms with Crippen molar-refractivity contribution in [3.63, 3.8) is 0 Å². The predicted octanol–water partition coefficient (Wildman–Crippen LogP) is 1.53. The number of pyridine rings is 1. The highest BCUT2D eigenvalue weighted by molar-refractivity contribution is 5.92. The lowest BCUT2D eigenvalue weighted by atomic mass is 10.2. The Morgan fingerprint density at radius 3 is 2.46 bits per heavy atom. The van der Waals surface area contributed by atoms with E-state index in [-0.39, 0.29) is 18.2 Å². The van der Waals surface area contributed by atoms with Crippen molar-refractivity contribution in [1.29, 1.82) is 0 Å². The number of hydrogen-bond donors (Lipinski definition) is 0. The van der Waals surface area contributed by atoms with Gasteiger partial charge in [0.05, 0.1) is 5.52 Å². The monoisotopic (exact) mass is 377 g/mol. The molecule has 4 rings (SSSR count). The van der Waals surface area contributed by atoms with Crippen LogP contribution in [-0.4, -0.2) is 64.5 Å². The summed E-state index contributed by atoms with van der Waals surface area (Å²) in [5.41, 5.74) is 0.903. The molecule has 0 aliphatic carbocycles. The van der Waals surface area contributed by atoms with Gasteiger partial charge in [0.1, 0.15) is 5.69 Å². The maximum absolute atomic E-state index is 12.4. The molecule has 1 aliphatic rings. The summed E-state index contributed by atoms with van der Waals surface area (Å²) in [7, 11) is 0. The van der Waals surface area contributed by atoms with Crippen molar-refractivity contribution in [3.8, 4) is 0 Å². The second kappa shape index (κ2) is 7.99. The van der Waals surface area contributed by atoms with Gasteiger partial charge in [0.25, 0.3) is 5.91 Å². The number of hydrogen-bond acceptors (Lipinski definition) is 7. The Morgan fingerprint density at radius 1 is 0.929 bits per heavy atom. The van der Waals surface area contributed by atoms with E-state index < -0.39 is 5.97 Å². The number of para-hydroxylation sites is 1. The van der Waals surface area contributed by atoms with E-state index in [9.17, 15) is 9.59 Å². The standard InChI is InChI=1S/C20H19N5O3/c26-18(24-10-12-25(13-11-24)20-21-8-3-9-22-20)14-28-19(27)17-7-6-15-4-1-2-5-16(15)23-17/h1-9H,10-14H2. The van der Waals surface area contributed by atoms with Crippen LogP contribution in [0.5, 0.6) is 0 Å². The minimum atomic E-state index is -0.601. The molecule has 1 aromatic carbocycles. The molecule has 1 aliphatic heterocycles. The molecule has 0 N–H and O–H groups in total. The Bertz CT molecular complexity index is 987. The number of anilines is 1. The number of rotatable bonds is 4. The molecular weight excluding hydrogens is 358 g/mol. The van der Waals surface area contributed by atoms with Crippen LogP contribution in [0.4, 0.5) is 5.95 Å².